The maximum absolute atomic E-state index is 11.2. The fourth-order valence-electron chi connectivity index (χ4n) is 2.26. The summed E-state index contributed by atoms with van der Waals surface area (Å²) < 4.78 is 0. The van der Waals surface area contributed by atoms with Crippen molar-refractivity contribution >= 4 is 11.7 Å². The standard InChI is InChI=1S/C17H19NO2/c1-3-13-6-4-5-7-14(13)11-18-16-10-12(2)8-9-15(16)17(19)20/h4-10,18H,3,11H2,1-2H3,(H,19,20). The zero-order chi connectivity index (χ0) is 14.5. The van der Waals surface area contributed by atoms with E-state index < -0.39 is 5.97 Å². The average molecular weight is 269 g/mol. The molecule has 0 aromatic heterocycles. The molecule has 0 atom stereocenters. The Bertz CT molecular complexity index is 620. The van der Waals surface area contributed by atoms with Crippen molar-refractivity contribution in [2.75, 3.05) is 5.32 Å². The maximum Gasteiger partial charge on any atom is 0.337 e. The number of nitrogens with one attached hydrogen (secondary N) is 1. The monoisotopic (exact) mass is 269 g/mol. The van der Waals surface area contributed by atoms with Crippen molar-refractivity contribution in [3.8, 4) is 0 Å². The smallest absolute Gasteiger partial charge is 0.337 e. The van der Waals surface area contributed by atoms with Gasteiger partial charge in [-0.1, -0.05) is 37.3 Å². The molecule has 2 aromatic carbocycles. The van der Waals surface area contributed by atoms with Gasteiger partial charge in [-0.15, -0.1) is 0 Å². The third-order valence-corrected chi connectivity index (χ3v) is 3.37. The first-order valence-corrected chi connectivity index (χ1v) is 6.76. The van der Waals surface area contributed by atoms with Crippen LogP contribution in [0.25, 0.3) is 0 Å². The summed E-state index contributed by atoms with van der Waals surface area (Å²) in [4.78, 5) is 11.2. The number of carboxylic acids is 1. The highest BCUT2D eigenvalue weighted by atomic mass is 16.4. The highest BCUT2D eigenvalue weighted by Gasteiger charge is 2.10. The van der Waals surface area contributed by atoms with Crippen molar-refractivity contribution in [1.82, 2.24) is 0 Å². The number of carbonyl (C=O) groups is 1. The van der Waals surface area contributed by atoms with Crippen molar-refractivity contribution in [1.29, 1.82) is 0 Å². The molecular formula is C17H19NO2. The zero-order valence-corrected chi connectivity index (χ0v) is 11.8. The lowest BCUT2D eigenvalue weighted by atomic mass is 10.0. The lowest BCUT2D eigenvalue weighted by Crippen LogP contribution is -2.08. The van der Waals surface area contributed by atoms with Crippen LogP contribution < -0.4 is 5.32 Å². The number of carboxylic acid groups (broad SMARTS) is 1. The minimum atomic E-state index is -0.906. The molecule has 0 bridgehead atoms. The Morgan fingerprint density at radius 2 is 1.85 bits per heavy atom. The van der Waals surface area contributed by atoms with E-state index in [0.717, 1.165) is 12.0 Å². The van der Waals surface area contributed by atoms with Crippen molar-refractivity contribution in [3.63, 3.8) is 0 Å². The highest BCUT2D eigenvalue weighted by molar-refractivity contribution is 5.94. The molecular weight excluding hydrogens is 250 g/mol. The summed E-state index contributed by atoms with van der Waals surface area (Å²) >= 11 is 0. The molecule has 0 heterocycles. The summed E-state index contributed by atoms with van der Waals surface area (Å²) in [5.41, 5.74) is 4.51. The number of benzene rings is 2. The van der Waals surface area contributed by atoms with Crippen LogP contribution in [0.1, 0.15) is 34.0 Å². The fraction of sp³-hybridized carbons (Fsp3) is 0.235. The van der Waals surface area contributed by atoms with E-state index in [2.05, 4.69) is 24.4 Å². The van der Waals surface area contributed by atoms with Gasteiger partial charge in [0.2, 0.25) is 0 Å². The van der Waals surface area contributed by atoms with E-state index in [-0.39, 0.29) is 0 Å². The Morgan fingerprint density at radius 1 is 1.15 bits per heavy atom. The largest absolute Gasteiger partial charge is 0.478 e. The van der Waals surface area contributed by atoms with E-state index in [0.29, 0.717) is 17.8 Å². The van der Waals surface area contributed by atoms with Gasteiger partial charge in [0.15, 0.2) is 0 Å². The molecule has 0 saturated heterocycles. The van der Waals surface area contributed by atoms with E-state index in [1.165, 1.54) is 11.1 Å². The predicted octanol–water partition coefficient (Wildman–Crippen LogP) is 3.87. The molecule has 3 heteroatoms. The number of rotatable bonds is 5. The molecule has 0 spiro atoms. The van der Waals surface area contributed by atoms with Gasteiger partial charge in [0.05, 0.1) is 5.56 Å². The lowest BCUT2D eigenvalue weighted by Gasteiger charge is -2.13. The van der Waals surface area contributed by atoms with Crippen molar-refractivity contribution in [3.05, 3.63) is 64.7 Å². The molecule has 0 radical (unpaired) electrons. The van der Waals surface area contributed by atoms with Crippen LogP contribution in [-0.4, -0.2) is 11.1 Å². The Kier molecular flexibility index (Phi) is 4.41. The van der Waals surface area contributed by atoms with E-state index >= 15 is 0 Å². The van der Waals surface area contributed by atoms with Crippen LogP contribution in [-0.2, 0) is 13.0 Å². The molecule has 104 valence electrons. The predicted molar refractivity (Wildman–Crippen MR) is 81.3 cm³/mol. The number of anilines is 1. The Morgan fingerprint density at radius 3 is 2.50 bits per heavy atom. The van der Waals surface area contributed by atoms with Gasteiger partial charge in [0, 0.05) is 12.2 Å². The quantitative estimate of drug-likeness (QED) is 0.866. The van der Waals surface area contributed by atoms with Gasteiger partial charge in [0.1, 0.15) is 0 Å². The SMILES string of the molecule is CCc1ccccc1CNc1cc(C)ccc1C(=O)O. The van der Waals surface area contributed by atoms with Crippen LogP contribution in [0.2, 0.25) is 0 Å². The molecule has 0 saturated carbocycles. The summed E-state index contributed by atoms with van der Waals surface area (Å²) in [5.74, 6) is -0.906. The van der Waals surface area contributed by atoms with E-state index in [9.17, 15) is 9.90 Å². The lowest BCUT2D eigenvalue weighted by molar-refractivity contribution is 0.0698. The van der Waals surface area contributed by atoms with Crippen molar-refractivity contribution in [2.45, 2.75) is 26.8 Å². The summed E-state index contributed by atoms with van der Waals surface area (Å²) in [6, 6.07) is 13.5. The summed E-state index contributed by atoms with van der Waals surface area (Å²) in [5, 5.41) is 12.5. The average Bonchev–Trinajstić information content (AvgIpc) is 2.45. The number of hydrogen-bond donors (Lipinski definition) is 2. The molecule has 0 fully saturated rings. The molecule has 0 aliphatic heterocycles. The van der Waals surface area contributed by atoms with Gasteiger partial charge in [-0.2, -0.15) is 0 Å². The van der Waals surface area contributed by atoms with Crippen LogP contribution in [0, 0.1) is 6.92 Å². The second kappa shape index (κ2) is 6.24. The zero-order valence-electron chi connectivity index (χ0n) is 11.8. The molecule has 0 amide bonds. The minimum absolute atomic E-state index is 0.310. The first-order chi connectivity index (χ1) is 9.61. The Balaban J connectivity index is 2.22. The van der Waals surface area contributed by atoms with Crippen LogP contribution in [0.5, 0.6) is 0 Å². The fourth-order valence-corrected chi connectivity index (χ4v) is 2.26. The molecule has 0 aliphatic carbocycles. The van der Waals surface area contributed by atoms with Crippen molar-refractivity contribution < 1.29 is 9.90 Å². The Labute approximate surface area is 119 Å². The summed E-state index contributed by atoms with van der Waals surface area (Å²) in [6.45, 7) is 4.71. The number of aryl methyl sites for hydroxylation is 2. The molecule has 2 N–H and O–H groups in total. The van der Waals surface area contributed by atoms with Crippen LogP contribution in [0.3, 0.4) is 0 Å². The molecule has 0 aliphatic rings. The third-order valence-electron chi connectivity index (χ3n) is 3.37. The maximum atomic E-state index is 11.2. The van der Waals surface area contributed by atoms with Gasteiger partial charge in [-0.05, 0) is 42.2 Å². The van der Waals surface area contributed by atoms with Gasteiger partial charge in [0.25, 0.3) is 0 Å². The van der Waals surface area contributed by atoms with Gasteiger partial charge in [-0.25, -0.2) is 4.79 Å². The van der Waals surface area contributed by atoms with Crippen LogP contribution in [0.15, 0.2) is 42.5 Å². The number of aromatic carboxylic acids is 1. The first kappa shape index (κ1) is 14.1. The molecule has 20 heavy (non-hydrogen) atoms. The second-order valence-electron chi connectivity index (χ2n) is 4.83. The highest BCUT2D eigenvalue weighted by Crippen LogP contribution is 2.19. The van der Waals surface area contributed by atoms with E-state index in [1.54, 1.807) is 6.07 Å². The second-order valence-corrected chi connectivity index (χ2v) is 4.83. The number of hydrogen-bond acceptors (Lipinski definition) is 2. The molecule has 2 rings (SSSR count). The van der Waals surface area contributed by atoms with Crippen LogP contribution in [0.4, 0.5) is 5.69 Å². The Hall–Kier alpha value is -2.29. The molecule has 3 nitrogen and oxygen atoms in total. The molecule has 0 unspecified atom stereocenters. The van der Waals surface area contributed by atoms with Crippen LogP contribution >= 0.6 is 0 Å². The topological polar surface area (TPSA) is 49.3 Å². The van der Waals surface area contributed by atoms with Gasteiger partial charge < -0.3 is 10.4 Å². The van der Waals surface area contributed by atoms with E-state index in [1.807, 2.05) is 31.2 Å². The minimum Gasteiger partial charge on any atom is -0.478 e. The van der Waals surface area contributed by atoms with Gasteiger partial charge in [-0.3, -0.25) is 0 Å². The summed E-state index contributed by atoms with van der Waals surface area (Å²) in [7, 11) is 0. The normalized spacial score (nSPS) is 10.3. The van der Waals surface area contributed by atoms with Gasteiger partial charge >= 0.3 is 5.97 Å². The summed E-state index contributed by atoms with van der Waals surface area (Å²) in [6.07, 6.45) is 0.970. The van der Waals surface area contributed by atoms with E-state index in [4.69, 9.17) is 0 Å². The first-order valence-electron chi connectivity index (χ1n) is 6.76. The van der Waals surface area contributed by atoms with Crippen molar-refractivity contribution in [2.24, 2.45) is 0 Å². The third kappa shape index (κ3) is 3.18. The molecule has 2 aromatic rings.